The molecule has 0 aliphatic carbocycles. The number of ether oxygens (including phenoxy) is 1. The van der Waals surface area contributed by atoms with E-state index < -0.39 is 9.84 Å². The van der Waals surface area contributed by atoms with Gasteiger partial charge in [-0.1, -0.05) is 34.1 Å². The smallest absolute Gasteiger partial charge is 0.181 e. The van der Waals surface area contributed by atoms with Crippen LogP contribution < -0.4 is 10.5 Å². The van der Waals surface area contributed by atoms with Gasteiger partial charge >= 0.3 is 0 Å². The topological polar surface area (TPSA) is 69.4 Å². The number of nitrogens with two attached hydrogens (primary N) is 1. The number of sulfone groups is 1. The number of para-hydroxylation sites is 2. The lowest BCUT2D eigenvalue weighted by Crippen LogP contribution is -2.14. The molecule has 0 atom stereocenters. The van der Waals surface area contributed by atoms with E-state index in [1.54, 1.807) is 48.5 Å². The maximum atomic E-state index is 12.1. The Hall–Kier alpha value is -1.53. The first-order chi connectivity index (χ1) is 9.49. The molecule has 106 valence electrons. The van der Waals surface area contributed by atoms with Gasteiger partial charge in [0.2, 0.25) is 0 Å². The fourth-order valence-electron chi connectivity index (χ4n) is 1.65. The van der Waals surface area contributed by atoms with Crippen LogP contribution in [0.3, 0.4) is 0 Å². The summed E-state index contributed by atoms with van der Waals surface area (Å²) < 4.78 is 30.4. The molecule has 2 aromatic carbocycles. The second-order valence-electron chi connectivity index (χ2n) is 4.16. The molecule has 0 aliphatic rings. The van der Waals surface area contributed by atoms with Gasteiger partial charge < -0.3 is 10.5 Å². The second kappa shape index (κ2) is 6.28. The quantitative estimate of drug-likeness (QED) is 0.837. The Kier molecular flexibility index (Phi) is 4.67. The highest BCUT2D eigenvalue weighted by Gasteiger charge is 2.15. The van der Waals surface area contributed by atoms with Gasteiger partial charge in [-0.3, -0.25) is 0 Å². The van der Waals surface area contributed by atoms with Crippen LogP contribution in [0.1, 0.15) is 0 Å². The molecule has 2 N–H and O–H groups in total. The van der Waals surface area contributed by atoms with E-state index in [2.05, 4.69) is 15.9 Å². The summed E-state index contributed by atoms with van der Waals surface area (Å²) in [5.41, 5.74) is 6.21. The molecule has 0 radical (unpaired) electrons. The molecule has 0 saturated carbocycles. The average molecular weight is 356 g/mol. The van der Waals surface area contributed by atoms with E-state index in [4.69, 9.17) is 10.5 Å². The molecule has 0 aliphatic heterocycles. The Morgan fingerprint density at radius 3 is 2.55 bits per heavy atom. The minimum atomic E-state index is -3.36. The van der Waals surface area contributed by atoms with Crippen molar-refractivity contribution in [3.05, 3.63) is 53.0 Å². The van der Waals surface area contributed by atoms with E-state index in [9.17, 15) is 8.42 Å². The third-order valence-corrected chi connectivity index (χ3v) is 4.85. The van der Waals surface area contributed by atoms with Gasteiger partial charge in [-0.05, 0) is 30.3 Å². The summed E-state index contributed by atoms with van der Waals surface area (Å²) in [6, 6.07) is 13.6. The maximum Gasteiger partial charge on any atom is 0.181 e. The van der Waals surface area contributed by atoms with E-state index in [1.165, 1.54) is 0 Å². The van der Waals surface area contributed by atoms with E-state index in [0.29, 0.717) is 11.4 Å². The molecule has 0 aromatic heterocycles. The number of nitrogen functional groups attached to an aromatic ring is 1. The average Bonchev–Trinajstić information content (AvgIpc) is 2.41. The van der Waals surface area contributed by atoms with Gasteiger partial charge in [0.25, 0.3) is 0 Å². The van der Waals surface area contributed by atoms with Crippen molar-refractivity contribution < 1.29 is 13.2 Å². The number of anilines is 1. The molecule has 0 spiro atoms. The van der Waals surface area contributed by atoms with Crippen LogP contribution in [0, 0.1) is 0 Å². The number of hydrogen-bond donors (Lipinski definition) is 1. The van der Waals surface area contributed by atoms with Crippen molar-refractivity contribution in [1.82, 2.24) is 0 Å². The van der Waals surface area contributed by atoms with Crippen LogP contribution in [0.4, 0.5) is 5.69 Å². The first-order valence-corrected chi connectivity index (χ1v) is 8.39. The lowest BCUT2D eigenvalue weighted by atomic mass is 10.3. The zero-order chi connectivity index (χ0) is 14.6. The van der Waals surface area contributed by atoms with Crippen LogP contribution in [-0.2, 0) is 9.84 Å². The molecule has 0 saturated heterocycles. The number of benzene rings is 2. The minimum absolute atomic E-state index is 0.0586. The van der Waals surface area contributed by atoms with Crippen molar-refractivity contribution in [1.29, 1.82) is 0 Å². The van der Waals surface area contributed by atoms with Crippen molar-refractivity contribution in [2.45, 2.75) is 4.90 Å². The summed E-state index contributed by atoms with van der Waals surface area (Å²) in [6.45, 7) is 0.0586. The molecular formula is C14H14BrNO3S. The van der Waals surface area contributed by atoms with Gasteiger partial charge in [-0.2, -0.15) is 0 Å². The maximum absolute atomic E-state index is 12.1. The summed E-state index contributed by atoms with van der Waals surface area (Å²) in [5, 5.41) is 0. The minimum Gasteiger partial charge on any atom is -0.490 e. The SMILES string of the molecule is Nc1ccccc1OCCS(=O)(=O)c1cccc(Br)c1. The Labute approximate surface area is 126 Å². The molecule has 0 amide bonds. The third kappa shape index (κ3) is 3.74. The van der Waals surface area contributed by atoms with Crippen LogP contribution >= 0.6 is 15.9 Å². The van der Waals surface area contributed by atoms with Crippen molar-refractivity contribution in [3.8, 4) is 5.75 Å². The zero-order valence-electron chi connectivity index (χ0n) is 10.6. The Bertz CT molecular complexity index is 701. The summed E-state index contributed by atoms with van der Waals surface area (Å²) in [7, 11) is -3.36. The molecule has 20 heavy (non-hydrogen) atoms. The normalized spacial score (nSPS) is 11.2. The van der Waals surface area contributed by atoms with Gasteiger partial charge in [-0.15, -0.1) is 0 Å². The zero-order valence-corrected chi connectivity index (χ0v) is 13.0. The van der Waals surface area contributed by atoms with Gasteiger partial charge in [0.1, 0.15) is 12.4 Å². The highest BCUT2D eigenvalue weighted by atomic mass is 79.9. The van der Waals surface area contributed by atoms with Crippen LogP contribution in [0.15, 0.2) is 57.9 Å². The number of halogens is 1. The van der Waals surface area contributed by atoms with Crippen molar-refractivity contribution in [2.24, 2.45) is 0 Å². The fourth-order valence-corrected chi connectivity index (χ4v) is 3.33. The predicted octanol–water partition coefficient (Wildman–Crippen LogP) is 2.88. The van der Waals surface area contributed by atoms with E-state index >= 15 is 0 Å². The summed E-state index contributed by atoms with van der Waals surface area (Å²) in [6.07, 6.45) is 0. The molecule has 0 heterocycles. The summed E-state index contributed by atoms with van der Waals surface area (Å²) in [5.74, 6) is 0.398. The highest BCUT2D eigenvalue weighted by Crippen LogP contribution is 2.21. The summed E-state index contributed by atoms with van der Waals surface area (Å²) >= 11 is 3.26. The third-order valence-electron chi connectivity index (χ3n) is 2.68. The van der Waals surface area contributed by atoms with Crippen LogP contribution in [0.25, 0.3) is 0 Å². The van der Waals surface area contributed by atoms with Crippen molar-refractivity contribution in [3.63, 3.8) is 0 Å². The molecule has 0 bridgehead atoms. The molecule has 2 aromatic rings. The van der Waals surface area contributed by atoms with Crippen molar-refractivity contribution in [2.75, 3.05) is 18.1 Å². The van der Waals surface area contributed by atoms with Gasteiger partial charge in [0.15, 0.2) is 9.84 Å². The van der Waals surface area contributed by atoms with Crippen LogP contribution in [0.5, 0.6) is 5.75 Å². The van der Waals surface area contributed by atoms with Crippen LogP contribution in [-0.4, -0.2) is 20.8 Å². The summed E-state index contributed by atoms with van der Waals surface area (Å²) in [4.78, 5) is 0.275. The second-order valence-corrected chi connectivity index (χ2v) is 7.19. The standard InChI is InChI=1S/C14H14BrNO3S/c15-11-4-3-5-12(10-11)20(17,18)9-8-19-14-7-2-1-6-13(14)16/h1-7,10H,8-9,16H2. The molecule has 0 unspecified atom stereocenters. The van der Waals surface area contributed by atoms with E-state index in [1.807, 2.05) is 0 Å². The monoisotopic (exact) mass is 355 g/mol. The lowest BCUT2D eigenvalue weighted by Gasteiger charge is -2.09. The molecule has 4 nitrogen and oxygen atoms in total. The van der Waals surface area contributed by atoms with Gasteiger partial charge in [0, 0.05) is 4.47 Å². The lowest BCUT2D eigenvalue weighted by molar-refractivity contribution is 0.342. The number of rotatable bonds is 5. The molecule has 6 heteroatoms. The van der Waals surface area contributed by atoms with E-state index in [0.717, 1.165) is 4.47 Å². The van der Waals surface area contributed by atoms with Crippen LogP contribution in [0.2, 0.25) is 0 Å². The first kappa shape index (κ1) is 14.9. The molecule has 0 fully saturated rings. The van der Waals surface area contributed by atoms with Crippen molar-refractivity contribution >= 4 is 31.5 Å². The predicted molar refractivity (Wildman–Crippen MR) is 82.5 cm³/mol. The Morgan fingerprint density at radius 1 is 1.10 bits per heavy atom. The largest absolute Gasteiger partial charge is 0.490 e. The van der Waals surface area contributed by atoms with Gasteiger partial charge in [-0.25, -0.2) is 8.42 Å². The molecule has 2 rings (SSSR count). The first-order valence-electron chi connectivity index (χ1n) is 5.95. The van der Waals surface area contributed by atoms with Gasteiger partial charge in [0.05, 0.1) is 16.3 Å². The van der Waals surface area contributed by atoms with E-state index in [-0.39, 0.29) is 17.3 Å². The number of hydrogen-bond acceptors (Lipinski definition) is 4. The Morgan fingerprint density at radius 2 is 1.85 bits per heavy atom. The fraction of sp³-hybridized carbons (Fsp3) is 0.143. The highest BCUT2D eigenvalue weighted by molar-refractivity contribution is 9.10. The Balaban J connectivity index is 2.02. The molecular weight excluding hydrogens is 342 g/mol.